The van der Waals surface area contributed by atoms with Gasteiger partial charge < -0.3 is 9.73 Å². The van der Waals surface area contributed by atoms with Gasteiger partial charge in [-0.2, -0.15) is 0 Å². The number of anilines is 1. The molecule has 2 atom stereocenters. The molecule has 4 aromatic rings. The Balaban J connectivity index is 1.58. The van der Waals surface area contributed by atoms with Crippen LogP contribution in [-0.4, -0.2) is 25.9 Å². The number of benzene rings is 2. The first kappa shape index (κ1) is 23.8. The molecule has 2 heterocycles. The molecule has 0 fully saturated rings. The predicted octanol–water partition coefficient (Wildman–Crippen LogP) is 6.53. The average molecular weight is 475 g/mol. The van der Waals surface area contributed by atoms with Gasteiger partial charge in [0.25, 0.3) is 0 Å². The molecule has 7 heteroatoms. The van der Waals surface area contributed by atoms with E-state index in [1.807, 2.05) is 56.3 Å². The molecule has 0 saturated heterocycles. The molecule has 2 aromatic carbocycles. The van der Waals surface area contributed by atoms with Crippen LogP contribution in [0.5, 0.6) is 0 Å². The highest BCUT2D eigenvalue weighted by Gasteiger charge is 2.23. The lowest BCUT2D eigenvalue weighted by atomic mass is 9.97. The third kappa shape index (κ3) is 5.25. The molecule has 0 saturated carbocycles. The number of aryl methyl sites for hydroxylation is 1. The number of nitrogens with one attached hydrogen (secondary N) is 1. The topological polar surface area (TPSA) is 73.0 Å². The van der Waals surface area contributed by atoms with E-state index in [4.69, 9.17) is 4.42 Å². The van der Waals surface area contributed by atoms with E-state index in [1.165, 1.54) is 11.8 Å². The van der Waals surface area contributed by atoms with Gasteiger partial charge >= 0.3 is 0 Å². The Labute approximate surface area is 204 Å². The third-order valence-electron chi connectivity index (χ3n) is 6.01. The lowest BCUT2D eigenvalue weighted by Gasteiger charge is -2.18. The molecule has 0 aliphatic heterocycles. The molecule has 2 aromatic heterocycles. The van der Waals surface area contributed by atoms with Crippen molar-refractivity contribution in [1.29, 1.82) is 0 Å². The third-order valence-corrected chi connectivity index (χ3v) is 7.09. The largest absolute Gasteiger partial charge is 0.469 e. The summed E-state index contributed by atoms with van der Waals surface area (Å²) < 4.78 is 7.56. The zero-order valence-corrected chi connectivity index (χ0v) is 20.8. The number of para-hydroxylation sites is 1. The van der Waals surface area contributed by atoms with Gasteiger partial charge in [0.15, 0.2) is 11.0 Å². The van der Waals surface area contributed by atoms with Crippen LogP contribution >= 0.6 is 11.8 Å². The number of rotatable bonds is 9. The molecule has 0 bridgehead atoms. The van der Waals surface area contributed by atoms with Crippen LogP contribution in [0.15, 0.2) is 76.5 Å². The molecule has 4 rings (SSSR count). The maximum atomic E-state index is 13.1. The Morgan fingerprint density at radius 3 is 2.50 bits per heavy atom. The molecule has 0 unspecified atom stereocenters. The molecule has 0 radical (unpaired) electrons. The molecule has 1 amide bonds. The molecule has 6 nitrogen and oxygen atoms in total. The van der Waals surface area contributed by atoms with Gasteiger partial charge in [0.2, 0.25) is 5.91 Å². The lowest BCUT2D eigenvalue weighted by Crippen LogP contribution is -2.24. The molecule has 1 N–H and O–H groups in total. The summed E-state index contributed by atoms with van der Waals surface area (Å²) in [5, 5.41) is 12.4. The smallest absolute Gasteiger partial charge is 0.237 e. The highest BCUT2D eigenvalue weighted by molar-refractivity contribution is 8.00. The zero-order chi connectivity index (χ0) is 24.1. The minimum atomic E-state index is -0.359. The highest BCUT2D eigenvalue weighted by Crippen LogP contribution is 2.31. The van der Waals surface area contributed by atoms with Crippen LogP contribution in [0.4, 0.5) is 5.69 Å². The van der Waals surface area contributed by atoms with Gasteiger partial charge in [-0.1, -0.05) is 74.1 Å². The van der Waals surface area contributed by atoms with E-state index in [9.17, 15) is 4.79 Å². The van der Waals surface area contributed by atoms with Gasteiger partial charge in [-0.15, -0.1) is 10.2 Å². The summed E-state index contributed by atoms with van der Waals surface area (Å²) in [7, 11) is 0. The van der Waals surface area contributed by atoms with Crippen molar-refractivity contribution < 1.29 is 9.21 Å². The van der Waals surface area contributed by atoms with Crippen LogP contribution in [0.25, 0.3) is 11.4 Å². The number of aromatic nitrogens is 3. The minimum Gasteiger partial charge on any atom is -0.469 e. The Bertz CT molecular complexity index is 1250. The predicted molar refractivity (Wildman–Crippen MR) is 137 cm³/mol. The van der Waals surface area contributed by atoms with E-state index in [1.54, 1.807) is 6.26 Å². The van der Waals surface area contributed by atoms with Gasteiger partial charge in [-0.25, -0.2) is 0 Å². The molecule has 176 valence electrons. The van der Waals surface area contributed by atoms with Crippen molar-refractivity contribution in [3.05, 3.63) is 83.8 Å². The Morgan fingerprint density at radius 1 is 1.06 bits per heavy atom. The molecule has 0 aliphatic rings. The van der Waals surface area contributed by atoms with Crippen molar-refractivity contribution in [3.8, 4) is 11.4 Å². The van der Waals surface area contributed by atoms with Gasteiger partial charge in [-0.3, -0.25) is 9.36 Å². The molecule has 34 heavy (non-hydrogen) atoms. The number of carbonyl (C=O) groups excluding carboxylic acids is 1. The summed E-state index contributed by atoms with van der Waals surface area (Å²) in [6, 6.07) is 20.1. The summed E-state index contributed by atoms with van der Waals surface area (Å²) in [5.74, 6) is 1.82. The summed E-state index contributed by atoms with van der Waals surface area (Å²) in [6.07, 6.45) is 2.67. The number of thioether (sulfide) groups is 1. The Morgan fingerprint density at radius 2 is 1.79 bits per heavy atom. The van der Waals surface area contributed by atoms with Crippen LogP contribution in [0, 0.1) is 6.92 Å². The van der Waals surface area contributed by atoms with Crippen LogP contribution in [0.3, 0.4) is 0 Å². The quantitative estimate of drug-likeness (QED) is 0.279. The summed E-state index contributed by atoms with van der Waals surface area (Å²) in [6.45, 7) is 8.74. The fourth-order valence-electron chi connectivity index (χ4n) is 3.81. The fourth-order valence-corrected chi connectivity index (χ4v) is 4.66. The second-order valence-electron chi connectivity index (χ2n) is 8.41. The molecular weight excluding hydrogens is 444 g/mol. The standard InChI is InChI=1S/C27H30N4O2S/c1-5-18(2)22-13-9-10-14-24(22)28-26(32)20(4)34-27-30-29-25(23-15-16-33-19(23)3)31(27)17-21-11-7-6-8-12-21/h6-16,18,20H,5,17H2,1-4H3,(H,28,32)/t18-,20+/m0/s1. The number of furan rings is 1. The lowest BCUT2D eigenvalue weighted by molar-refractivity contribution is -0.115. The highest BCUT2D eigenvalue weighted by atomic mass is 32.2. The maximum absolute atomic E-state index is 13.1. The average Bonchev–Trinajstić information content (AvgIpc) is 3.45. The number of hydrogen-bond acceptors (Lipinski definition) is 5. The van der Waals surface area contributed by atoms with Crippen LogP contribution in [-0.2, 0) is 11.3 Å². The number of nitrogens with zero attached hydrogens (tertiary/aromatic N) is 3. The second kappa shape index (κ2) is 10.7. The first-order chi connectivity index (χ1) is 16.5. The Hall–Kier alpha value is -3.32. The molecule has 0 spiro atoms. The van der Waals surface area contributed by atoms with E-state index < -0.39 is 0 Å². The van der Waals surface area contributed by atoms with Crippen molar-refractivity contribution in [3.63, 3.8) is 0 Å². The zero-order valence-electron chi connectivity index (χ0n) is 20.0. The van der Waals surface area contributed by atoms with Crippen molar-refractivity contribution in [2.45, 2.75) is 57.0 Å². The summed E-state index contributed by atoms with van der Waals surface area (Å²) in [4.78, 5) is 13.1. The van der Waals surface area contributed by atoms with Crippen molar-refractivity contribution in [2.75, 3.05) is 5.32 Å². The summed E-state index contributed by atoms with van der Waals surface area (Å²) >= 11 is 1.41. The second-order valence-corrected chi connectivity index (χ2v) is 9.72. The fraction of sp³-hybridized carbons (Fsp3) is 0.296. The van der Waals surface area contributed by atoms with E-state index in [0.717, 1.165) is 40.4 Å². The SMILES string of the molecule is CC[C@H](C)c1ccccc1NC(=O)[C@@H](C)Sc1nnc(-c2ccoc2C)n1Cc1ccccc1. The van der Waals surface area contributed by atoms with E-state index >= 15 is 0 Å². The van der Waals surface area contributed by atoms with Crippen molar-refractivity contribution in [2.24, 2.45) is 0 Å². The van der Waals surface area contributed by atoms with Gasteiger partial charge in [0, 0.05) is 5.69 Å². The number of hydrogen-bond donors (Lipinski definition) is 1. The maximum Gasteiger partial charge on any atom is 0.237 e. The first-order valence-corrected chi connectivity index (χ1v) is 12.4. The van der Waals surface area contributed by atoms with Crippen molar-refractivity contribution >= 4 is 23.4 Å². The Kier molecular flexibility index (Phi) is 7.53. The van der Waals surface area contributed by atoms with E-state index in [2.05, 4.69) is 52.1 Å². The van der Waals surface area contributed by atoms with Crippen LogP contribution in [0.1, 0.15) is 50.0 Å². The van der Waals surface area contributed by atoms with Gasteiger partial charge in [0.05, 0.1) is 23.6 Å². The van der Waals surface area contributed by atoms with E-state index in [0.29, 0.717) is 17.6 Å². The van der Waals surface area contributed by atoms with Crippen molar-refractivity contribution in [1.82, 2.24) is 14.8 Å². The first-order valence-electron chi connectivity index (χ1n) is 11.6. The number of amides is 1. The van der Waals surface area contributed by atoms with Crippen LogP contribution < -0.4 is 5.32 Å². The van der Waals surface area contributed by atoms with Gasteiger partial charge in [0.1, 0.15) is 5.76 Å². The minimum absolute atomic E-state index is 0.0592. The number of carbonyl (C=O) groups is 1. The summed E-state index contributed by atoms with van der Waals surface area (Å²) in [5.41, 5.74) is 4.05. The van der Waals surface area contributed by atoms with Crippen LogP contribution in [0.2, 0.25) is 0 Å². The van der Waals surface area contributed by atoms with Gasteiger partial charge in [-0.05, 0) is 49.4 Å². The molecule has 0 aliphatic carbocycles. The normalized spacial score (nSPS) is 12.9. The molecular formula is C27H30N4O2S. The monoisotopic (exact) mass is 474 g/mol. The van der Waals surface area contributed by atoms with E-state index in [-0.39, 0.29) is 11.2 Å².